The van der Waals surface area contributed by atoms with Gasteiger partial charge in [-0.1, -0.05) is 54.1 Å². The van der Waals surface area contributed by atoms with Crippen molar-refractivity contribution in [3.63, 3.8) is 0 Å². The number of nitrogens with one attached hydrogen (secondary N) is 2. The fourth-order valence-electron chi connectivity index (χ4n) is 2.84. The molecule has 3 rings (SSSR count). The van der Waals surface area contributed by atoms with E-state index in [9.17, 15) is 9.18 Å². The Balaban J connectivity index is 1.82. The van der Waals surface area contributed by atoms with E-state index in [1.807, 2.05) is 61.5 Å². The van der Waals surface area contributed by atoms with Crippen LogP contribution in [0.3, 0.4) is 0 Å². The molecule has 0 fully saturated rings. The van der Waals surface area contributed by atoms with Crippen LogP contribution in [0.1, 0.15) is 30.1 Å². The smallest absolute Gasteiger partial charge is 0.246 e. The fraction of sp³-hybridized carbons (Fsp3) is 0.136. The molecule has 0 aliphatic rings. The Labute approximate surface area is 163 Å². The van der Waals surface area contributed by atoms with Crippen LogP contribution in [0.25, 0.3) is 0 Å². The predicted molar refractivity (Wildman–Crippen MR) is 107 cm³/mol. The number of carbonyl (C=O) groups excluding carboxylic acids is 1. The van der Waals surface area contributed by atoms with Crippen molar-refractivity contribution in [2.75, 3.05) is 5.32 Å². The van der Waals surface area contributed by atoms with E-state index in [2.05, 4.69) is 10.6 Å². The second kappa shape index (κ2) is 8.80. The predicted octanol–water partition coefficient (Wildman–Crippen LogP) is 5.51. The third-order valence-electron chi connectivity index (χ3n) is 4.27. The first-order chi connectivity index (χ1) is 13.0. The highest BCUT2D eigenvalue weighted by Crippen LogP contribution is 2.23. The minimum Gasteiger partial charge on any atom is -0.324 e. The van der Waals surface area contributed by atoms with Crippen molar-refractivity contribution in [1.29, 1.82) is 0 Å². The van der Waals surface area contributed by atoms with Crippen molar-refractivity contribution in [3.8, 4) is 0 Å². The van der Waals surface area contributed by atoms with E-state index in [1.165, 1.54) is 24.3 Å². The van der Waals surface area contributed by atoms with E-state index in [-0.39, 0.29) is 17.8 Å². The molecule has 3 aromatic rings. The molecule has 3 aromatic carbocycles. The number of anilines is 1. The van der Waals surface area contributed by atoms with Crippen molar-refractivity contribution in [3.05, 3.63) is 101 Å². The highest BCUT2D eigenvalue weighted by molar-refractivity contribution is 6.30. The number of hydrogen-bond donors (Lipinski definition) is 2. The van der Waals surface area contributed by atoms with Crippen LogP contribution >= 0.6 is 11.6 Å². The van der Waals surface area contributed by atoms with E-state index >= 15 is 0 Å². The molecule has 0 radical (unpaired) electrons. The monoisotopic (exact) mass is 382 g/mol. The zero-order valence-electron chi connectivity index (χ0n) is 14.8. The zero-order chi connectivity index (χ0) is 19.2. The third kappa shape index (κ3) is 5.16. The van der Waals surface area contributed by atoms with Crippen LogP contribution in [0.4, 0.5) is 10.1 Å². The van der Waals surface area contributed by atoms with E-state index in [0.717, 1.165) is 11.1 Å². The van der Waals surface area contributed by atoms with Gasteiger partial charge in [-0.25, -0.2) is 4.39 Å². The molecule has 0 saturated heterocycles. The van der Waals surface area contributed by atoms with Gasteiger partial charge in [0.15, 0.2) is 0 Å². The zero-order valence-corrected chi connectivity index (χ0v) is 15.6. The van der Waals surface area contributed by atoms with E-state index in [4.69, 9.17) is 11.6 Å². The average molecular weight is 383 g/mol. The summed E-state index contributed by atoms with van der Waals surface area (Å²) < 4.78 is 13.1. The van der Waals surface area contributed by atoms with Gasteiger partial charge < -0.3 is 5.32 Å². The number of halogens is 2. The summed E-state index contributed by atoms with van der Waals surface area (Å²) in [4.78, 5) is 12.9. The van der Waals surface area contributed by atoms with Crippen LogP contribution in [0, 0.1) is 5.82 Å². The van der Waals surface area contributed by atoms with Gasteiger partial charge in [0.05, 0.1) is 0 Å². The van der Waals surface area contributed by atoms with Gasteiger partial charge in [0, 0.05) is 16.8 Å². The Bertz CT molecular complexity index is 900. The van der Waals surface area contributed by atoms with E-state index in [0.29, 0.717) is 10.7 Å². The van der Waals surface area contributed by atoms with Crippen LogP contribution < -0.4 is 10.6 Å². The van der Waals surface area contributed by atoms with Crippen molar-refractivity contribution in [2.24, 2.45) is 0 Å². The summed E-state index contributed by atoms with van der Waals surface area (Å²) in [6, 6.07) is 22.0. The summed E-state index contributed by atoms with van der Waals surface area (Å²) in [7, 11) is 0. The lowest BCUT2D eigenvalue weighted by atomic mass is 10.0. The maximum Gasteiger partial charge on any atom is 0.246 e. The maximum absolute atomic E-state index is 13.1. The molecule has 2 N–H and O–H groups in total. The molecule has 2 atom stereocenters. The molecular formula is C22H20ClFN2O. The maximum atomic E-state index is 13.1. The molecule has 0 aliphatic carbocycles. The topological polar surface area (TPSA) is 41.1 Å². The van der Waals surface area contributed by atoms with Crippen molar-refractivity contribution in [2.45, 2.75) is 19.0 Å². The molecule has 5 heteroatoms. The summed E-state index contributed by atoms with van der Waals surface area (Å²) in [5, 5.41) is 6.85. The van der Waals surface area contributed by atoms with Crippen LogP contribution in [-0.2, 0) is 4.79 Å². The van der Waals surface area contributed by atoms with Gasteiger partial charge in [-0.2, -0.15) is 0 Å². The summed E-state index contributed by atoms with van der Waals surface area (Å²) in [6.07, 6.45) is 0. The first-order valence-electron chi connectivity index (χ1n) is 8.66. The molecule has 3 nitrogen and oxygen atoms in total. The van der Waals surface area contributed by atoms with Crippen LogP contribution in [-0.4, -0.2) is 5.91 Å². The Morgan fingerprint density at radius 2 is 1.59 bits per heavy atom. The Morgan fingerprint density at radius 3 is 2.26 bits per heavy atom. The summed E-state index contributed by atoms with van der Waals surface area (Å²) >= 11 is 6.09. The van der Waals surface area contributed by atoms with Crippen molar-refractivity contribution in [1.82, 2.24) is 5.32 Å². The summed E-state index contributed by atoms with van der Waals surface area (Å²) in [5.41, 5.74) is 2.36. The SMILES string of the molecule is C[C@H](N[C@@H](C(=O)Nc1ccc(F)cc1)c1ccccc1)c1cccc(Cl)c1. The molecule has 1 amide bonds. The Kier molecular flexibility index (Phi) is 6.22. The molecule has 0 saturated carbocycles. The van der Waals surface area contributed by atoms with E-state index < -0.39 is 6.04 Å². The van der Waals surface area contributed by atoms with Crippen molar-refractivity contribution < 1.29 is 9.18 Å². The largest absolute Gasteiger partial charge is 0.324 e. The second-order valence-electron chi connectivity index (χ2n) is 6.28. The molecule has 138 valence electrons. The van der Waals surface area contributed by atoms with Gasteiger partial charge in [0.1, 0.15) is 11.9 Å². The highest BCUT2D eigenvalue weighted by Gasteiger charge is 2.23. The number of rotatable bonds is 6. The van der Waals surface area contributed by atoms with Crippen molar-refractivity contribution >= 4 is 23.2 Å². The Morgan fingerprint density at radius 1 is 0.926 bits per heavy atom. The minimum absolute atomic E-state index is 0.104. The molecule has 27 heavy (non-hydrogen) atoms. The molecule has 0 aliphatic heterocycles. The summed E-state index contributed by atoms with van der Waals surface area (Å²) in [5.74, 6) is -0.568. The van der Waals surface area contributed by atoms with E-state index in [1.54, 1.807) is 0 Å². The van der Waals surface area contributed by atoms with Gasteiger partial charge in [-0.3, -0.25) is 10.1 Å². The standard InChI is InChI=1S/C22H20ClFN2O/c1-15(17-8-5-9-18(23)14-17)25-21(16-6-3-2-4-7-16)22(27)26-20-12-10-19(24)11-13-20/h2-15,21,25H,1H3,(H,26,27)/t15-,21+/m0/s1. The molecule has 0 unspecified atom stereocenters. The summed E-state index contributed by atoms with van der Waals surface area (Å²) in [6.45, 7) is 1.98. The molecular weight excluding hydrogens is 363 g/mol. The minimum atomic E-state index is -0.578. The highest BCUT2D eigenvalue weighted by atomic mass is 35.5. The normalized spacial score (nSPS) is 13.0. The van der Waals surface area contributed by atoms with Crippen LogP contribution in [0.15, 0.2) is 78.9 Å². The van der Waals surface area contributed by atoms with Gasteiger partial charge in [0.2, 0.25) is 5.91 Å². The quantitative estimate of drug-likeness (QED) is 0.590. The fourth-order valence-corrected chi connectivity index (χ4v) is 3.04. The van der Waals surface area contributed by atoms with Gasteiger partial charge in [-0.05, 0) is 54.4 Å². The van der Waals surface area contributed by atoms with Gasteiger partial charge in [0.25, 0.3) is 0 Å². The van der Waals surface area contributed by atoms with Gasteiger partial charge in [-0.15, -0.1) is 0 Å². The molecule has 0 bridgehead atoms. The first-order valence-corrected chi connectivity index (χ1v) is 9.03. The lowest BCUT2D eigenvalue weighted by molar-refractivity contribution is -0.118. The number of amides is 1. The van der Waals surface area contributed by atoms with Crippen LogP contribution in [0.5, 0.6) is 0 Å². The lowest BCUT2D eigenvalue weighted by Gasteiger charge is -2.24. The second-order valence-corrected chi connectivity index (χ2v) is 6.72. The first kappa shape index (κ1) is 19.1. The van der Waals surface area contributed by atoms with Crippen LogP contribution in [0.2, 0.25) is 5.02 Å². The van der Waals surface area contributed by atoms with Gasteiger partial charge >= 0.3 is 0 Å². The number of carbonyl (C=O) groups is 1. The molecule has 0 aromatic heterocycles. The molecule has 0 spiro atoms. The third-order valence-corrected chi connectivity index (χ3v) is 4.51. The number of benzene rings is 3. The number of hydrogen-bond acceptors (Lipinski definition) is 2. The average Bonchev–Trinajstić information content (AvgIpc) is 2.68. The lowest BCUT2D eigenvalue weighted by Crippen LogP contribution is -2.34. The Hall–Kier alpha value is -2.69. The molecule has 0 heterocycles.